The number of aliphatic hydroxyl groups is 1. The van der Waals surface area contributed by atoms with E-state index in [1.54, 1.807) is 0 Å². The summed E-state index contributed by atoms with van der Waals surface area (Å²) < 4.78 is 3.65. The van der Waals surface area contributed by atoms with Crippen LogP contribution in [-0.2, 0) is 12.8 Å². The lowest BCUT2D eigenvalue weighted by Crippen LogP contribution is -2.37. The van der Waals surface area contributed by atoms with E-state index in [0.717, 1.165) is 53.6 Å². The molecule has 1 fully saturated rings. The number of hydrogen-bond donors (Lipinski definition) is 1. The van der Waals surface area contributed by atoms with Gasteiger partial charge in [0.2, 0.25) is 5.78 Å². The third-order valence-corrected chi connectivity index (χ3v) is 7.40. The summed E-state index contributed by atoms with van der Waals surface area (Å²) in [6, 6.07) is 17.9. The van der Waals surface area contributed by atoms with Crippen LogP contribution in [0.1, 0.15) is 74.4 Å². The van der Waals surface area contributed by atoms with Gasteiger partial charge in [-0.3, -0.25) is 9.36 Å². The molecule has 7 heteroatoms. The SMILES string of the molecule is CCCc1c(Cc2ccc(-c3ccccc3C#N)cc2)c(=O)n([C@H]2CC[C@@](C)(O)CC2)c2ncnn12. The van der Waals surface area contributed by atoms with Crippen molar-refractivity contribution in [1.29, 1.82) is 5.26 Å². The fourth-order valence-electron chi connectivity index (χ4n) is 5.40. The zero-order valence-corrected chi connectivity index (χ0v) is 20.8. The monoisotopic (exact) mass is 481 g/mol. The van der Waals surface area contributed by atoms with Gasteiger partial charge in [-0.25, -0.2) is 4.52 Å². The fraction of sp³-hybridized carbons (Fsp3) is 0.379. The summed E-state index contributed by atoms with van der Waals surface area (Å²) in [6.07, 6.45) is 6.41. The Bertz CT molecular complexity index is 1480. The van der Waals surface area contributed by atoms with Gasteiger partial charge in [0.15, 0.2) is 0 Å². The van der Waals surface area contributed by atoms with Gasteiger partial charge in [0, 0.05) is 18.0 Å². The normalized spacial score (nSPS) is 19.9. The molecule has 36 heavy (non-hydrogen) atoms. The molecule has 4 aromatic rings. The molecular weight excluding hydrogens is 450 g/mol. The Labute approximate surface area is 210 Å². The molecule has 7 nitrogen and oxygen atoms in total. The Hall–Kier alpha value is -3.76. The zero-order valence-electron chi connectivity index (χ0n) is 20.8. The number of rotatable bonds is 6. The van der Waals surface area contributed by atoms with Crippen LogP contribution in [0, 0.1) is 11.3 Å². The average Bonchev–Trinajstić information content (AvgIpc) is 3.37. The molecule has 2 aromatic heterocycles. The van der Waals surface area contributed by atoms with Crippen LogP contribution in [0.4, 0.5) is 0 Å². The average molecular weight is 482 g/mol. The maximum Gasteiger partial charge on any atom is 0.259 e. The molecule has 0 bridgehead atoms. The van der Waals surface area contributed by atoms with Crippen LogP contribution in [0.3, 0.4) is 0 Å². The molecule has 0 saturated heterocycles. The van der Waals surface area contributed by atoms with Gasteiger partial charge < -0.3 is 5.11 Å². The summed E-state index contributed by atoms with van der Waals surface area (Å²) in [5.74, 6) is 0.585. The standard InChI is InChI=1S/C29H31N5O2/c1-3-6-26-25(17-20-9-11-21(12-10-20)24-8-5-4-7-22(24)18-30)27(35)33(28-31-19-32-34(26)28)23-13-15-29(2,36)16-14-23/h4-5,7-12,19,23,36H,3,6,13-17H2,1-2H3/t23-,29+. The molecule has 0 atom stereocenters. The lowest BCUT2D eigenvalue weighted by atomic mass is 9.83. The quantitative estimate of drug-likeness (QED) is 0.425. The van der Waals surface area contributed by atoms with E-state index in [0.29, 0.717) is 30.6 Å². The number of nitriles is 1. The minimum absolute atomic E-state index is 0.00982. The summed E-state index contributed by atoms with van der Waals surface area (Å²) >= 11 is 0. The second-order valence-corrected chi connectivity index (χ2v) is 10.1. The molecule has 184 valence electrons. The van der Waals surface area contributed by atoms with Crippen molar-refractivity contribution in [3.63, 3.8) is 0 Å². The van der Waals surface area contributed by atoms with Crippen LogP contribution in [0.25, 0.3) is 16.9 Å². The first-order chi connectivity index (χ1) is 17.4. The largest absolute Gasteiger partial charge is 0.390 e. The van der Waals surface area contributed by atoms with E-state index in [2.05, 4.69) is 23.1 Å². The van der Waals surface area contributed by atoms with E-state index in [9.17, 15) is 15.2 Å². The van der Waals surface area contributed by atoms with Crippen LogP contribution < -0.4 is 5.56 Å². The second kappa shape index (κ2) is 9.71. The molecule has 2 aromatic carbocycles. The first-order valence-corrected chi connectivity index (χ1v) is 12.7. The van der Waals surface area contributed by atoms with Gasteiger partial charge >= 0.3 is 0 Å². The Morgan fingerprint density at radius 2 is 1.86 bits per heavy atom. The third kappa shape index (κ3) is 4.45. The number of aryl methyl sites for hydroxylation is 1. The molecule has 1 N–H and O–H groups in total. The molecule has 1 aliphatic carbocycles. The molecular formula is C29H31N5O2. The summed E-state index contributed by atoms with van der Waals surface area (Å²) in [6.45, 7) is 3.97. The Morgan fingerprint density at radius 3 is 2.56 bits per heavy atom. The highest BCUT2D eigenvalue weighted by Gasteiger charge is 2.32. The first kappa shape index (κ1) is 24.0. The lowest BCUT2D eigenvalue weighted by molar-refractivity contribution is 0.00981. The molecule has 2 heterocycles. The van der Waals surface area contributed by atoms with Crippen LogP contribution in [-0.4, -0.2) is 29.9 Å². The summed E-state index contributed by atoms with van der Waals surface area (Å²) in [4.78, 5) is 18.5. The topological polar surface area (TPSA) is 96.2 Å². The number of nitrogens with zero attached hydrogens (tertiary/aromatic N) is 5. The van der Waals surface area contributed by atoms with E-state index >= 15 is 0 Å². The lowest BCUT2D eigenvalue weighted by Gasteiger charge is -2.34. The van der Waals surface area contributed by atoms with Crippen LogP contribution >= 0.6 is 0 Å². The van der Waals surface area contributed by atoms with E-state index in [1.165, 1.54) is 6.33 Å². The predicted octanol–water partition coefficient (Wildman–Crippen LogP) is 4.84. The van der Waals surface area contributed by atoms with Gasteiger partial charge in [0.1, 0.15) is 6.33 Å². The van der Waals surface area contributed by atoms with E-state index in [-0.39, 0.29) is 11.6 Å². The Morgan fingerprint density at radius 1 is 1.14 bits per heavy atom. The highest BCUT2D eigenvalue weighted by molar-refractivity contribution is 5.70. The van der Waals surface area contributed by atoms with Crippen molar-refractivity contribution in [3.05, 3.63) is 87.6 Å². The zero-order chi connectivity index (χ0) is 25.3. The van der Waals surface area contributed by atoms with Gasteiger partial charge in [-0.15, -0.1) is 0 Å². The molecule has 0 amide bonds. The minimum atomic E-state index is -0.680. The summed E-state index contributed by atoms with van der Waals surface area (Å²) in [5, 5.41) is 24.4. The van der Waals surface area contributed by atoms with Crippen LogP contribution in [0.5, 0.6) is 0 Å². The number of aromatic nitrogens is 4. The van der Waals surface area contributed by atoms with Crippen LogP contribution in [0.15, 0.2) is 59.7 Å². The minimum Gasteiger partial charge on any atom is -0.390 e. The van der Waals surface area contributed by atoms with Crippen molar-refractivity contribution in [3.8, 4) is 17.2 Å². The molecule has 1 aliphatic rings. The molecule has 0 radical (unpaired) electrons. The van der Waals surface area contributed by atoms with Gasteiger partial charge in [-0.05, 0) is 61.8 Å². The van der Waals surface area contributed by atoms with Gasteiger partial charge in [0.25, 0.3) is 5.56 Å². The van der Waals surface area contributed by atoms with E-state index in [1.807, 2.05) is 64.5 Å². The van der Waals surface area contributed by atoms with Crippen LogP contribution in [0.2, 0.25) is 0 Å². The van der Waals surface area contributed by atoms with Crippen molar-refractivity contribution in [2.45, 2.75) is 70.4 Å². The third-order valence-electron chi connectivity index (χ3n) is 7.40. The fourth-order valence-corrected chi connectivity index (χ4v) is 5.40. The molecule has 0 spiro atoms. The van der Waals surface area contributed by atoms with Crippen molar-refractivity contribution in [2.75, 3.05) is 0 Å². The predicted molar refractivity (Wildman–Crippen MR) is 139 cm³/mol. The van der Waals surface area contributed by atoms with Crippen molar-refractivity contribution < 1.29 is 5.11 Å². The maximum atomic E-state index is 14.0. The summed E-state index contributed by atoms with van der Waals surface area (Å²) in [7, 11) is 0. The number of benzene rings is 2. The van der Waals surface area contributed by atoms with Gasteiger partial charge in [-0.2, -0.15) is 15.3 Å². The maximum absolute atomic E-state index is 14.0. The van der Waals surface area contributed by atoms with Gasteiger partial charge in [-0.1, -0.05) is 55.8 Å². The van der Waals surface area contributed by atoms with Crippen molar-refractivity contribution in [1.82, 2.24) is 19.2 Å². The number of fused-ring (bicyclic) bond motifs is 1. The summed E-state index contributed by atoms with van der Waals surface area (Å²) in [5.41, 5.74) is 4.51. The number of hydrogen-bond acceptors (Lipinski definition) is 5. The highest BCUT2D eigenvalue weighted by atomic mass is 16.3. The Balaban J connectivity index is 1.55. The first-order valence-electron chi connectivity index (χ1n) is 12.7. The molecule has 5 rings (SSSR count). The molecule has 0 unspecified atom stereocenters. The Kier molecular flexibility index (Phi) is 6.46. The van der Waals surface area contributed by atoms with Gasteiger partial charge in [0.05, 0.1) is 22.9 Å². The molecule has 1 saturated carbocycles. The molecule has 0 aliphatic heterocycles. The second-order valence-electron chi connectivity index (χ2n) is 10.1. The highest BCUT2D eigenvalue weighted by Crippen LogP contribution is 2.35. The smallest absolute Gasteiger partial charge is 0.259 e. The van der Waals surface area contributed by atoms with E-state index < -0.39 is 5.60 Å². The van der Waals surface area contributed by atoms with E-state index in [4.69, 9.17) is 0 Å². The van der Waals surface area contributed by atoms with Crippen molar-refractivity contribution in [2.24, 2.45) is 0 Å². The van der Waals surface area contributed by atoms with Crippen molar-refractivity contribution >= 4 is 5.78 Å².